The normalized spacial score (nSPS) is 20.1. The van der Waals surface area contributed by atoms with Crippen molar-refractivity contribution in [1.29, 1.82) is 0 Å². The summed E-state index contributed by atoms with van der Waals surface area (Å²) in [6.45, 7) is 2.72. The first-order valence-electron chi connectivity index (χ1n) is 16.6. The summed E-state index contributed by atoms with van der Waals surface area (Å²) in [4.78, 5) is 25.4. The van der Waals surface area contributed by atoms with Crippen LogP contribution in [0.2, 0.25) is 0 Å². The molecule has 0 saturated carbocycles. The SMILES string of the molecule is COc1ccc(C2Oc3cc(OC)ccc3C(c3c(OC)cc(OC)c4c3OC(c3ccc(OC)c(OC)c3)C(OC(C)=O)C4)C2OC(C)=O)cc1. The molecule has 0 fully saturated rings. The second kappa shape index (κ2) is 15.2. The van der Waals surface area contributed by atoms with Gasteiger partial charge < -0.3 is 47.4 Å². The summed E-state index contributed by atoms with van der Waals surface area (Å²) in [6, 6.07) is 20.0. The number of esters is 2. The zero-order valence-electron chi connectivity index (χ0n) is 30.3. The molecule has 2 aliphatic rings. The number of fused-ring (bicyclic) bond motifs is 2. The average Bonchev–Trinajstić information content (AvgIpc) is 3.16. The van der Waals surface area contributed by atoms with Gasteiger partial charge in [0.25, 0.3) is 0 Å². The maximum atomic E-state index is 12.9. The largest absolute Gasteiger partial charge is 0.497 e. The highest BCUT2D eigenvalue weighted by atomic mass is 16.6. The van der Waals surface area contributed by atoms with Gasteiger partial charge in [0.05, 0.1) is 48.6 Å². The summed E-state index contributed by atoms with van der Waals surface area (Å²) in [5.74, 6) is 2.40. The van der Waals surface area contributed by atoms with Gasteiger partial charge >= 0.3 is 11.9 Å². The van der Waals surface area contributed by atoms with E-state index in [0.29, 0.717) is 68.2 Å². The van der Waals surface area contributed by atoms with Crippen LogP contribution in [0.3, 0.4) is 0 Å². The first-order valence-corrected chi connectivity index (χ1v) is 16.6. The number of carbonyl (C=O) groups is 2. The van der Waals surface area contributed by atoms with E-state index in [9.17, 15) is 9.59 Å². The standard InChI is InChI=1S/C40H42O12/c1-21(41)49-34-19-28-30(46-6)20-33(48-8)36(39(28)52-37(34)24-11-16-29(45-5)32(17-24)47-7)35-27-15-14-26(44-4)18-31(27)51-38(40(35)50-22(2)42)23-9-12-25(43-3)13-10-23/h9-18,20,34-35,37-38,40H,19H2,1-8H3. The molecule has 52 heavy (non-hydrogen) atoms. The van der Waals surface area contributed by atoms with E-state index in [4.69, 9.17) is 47.4 Å². The van der Waals surface area contributed by atoms with Gasteiger partial charge in [-0.2, -0.15) is 0 Å². The van der Waals surface area contributed by atoms with E-state index in [2.05, 4.69) is 0 Å². The Morgan fingerprint density at radius 1 is 0.596 bits per heavy atom. The van der Waals surface area contributed by atoms with Gasteiger partial charge in [-0.25, -0.2) is 0 Å². The lowest BCUT2D eigenvalue weighted by Gasteiger charge is -2.42. The molecule has 0 radical (unpaired) electrons. The number of hydrogen-bond acceptors (Lipinski definition) is 12. The average molecular weight is 715 g/mol. The van der Waals surface area contributed by atoms with Crippen molar-refractivity contribution in [3.05, 3.63) is 94.5 Å². The predicted octanol–water partition coefficient (Wildman–Crippen LogP) is 6.54. The van der Waals surface area contributed by atoms with E-state index in [0.717, 1.165) is 5.56 Å². The van der Waals surface area contributed by atoms with E-state index in [1.54, 1.807) is 66.9 Å². The van der Waals surface area contributed by atoms with E-state index in [1.807, 2.05) is 42.5 Å². The van der Waals surface area contributed by atoms with Gasteiger partial charge in [-0.05, 0) is 35.9 Å². The summed E-state index contributed by atoms with van der Waals surface area (Å²) < 4.78 is 59.9. The van der Waals surface area contributed by atoms with Crippen LogP contribution in [0.15, 0.2) is 66.7 Å². The van der Waals surface area contributed by atoms with E-state index < -0.39 is 42.3 Å². The number of methoxy groups -OCH3 is 6. The molecule has 0 saturated heterocycles. The first kappa shape index (κ1) is 36.0. The van der Waals surface area contributed by atoms with Crippen molar-refractivity contribution >= 4 is 11.9 Å². The number of rotatable bonds is 11. The van der Waals surface area contributed by atoms with E-state index in [-0.39, 0.29) is 6.42 Å². The van der Waals surface area contributed by atoms with Crippen molar-refractivity contribution in [1.82, 2.24) is 0 Å². The molecule has 2 heterocycles. The molecule has 0 amide bonds. The van der Waals surface area contributed by atoms with Crippen molar-refractivity contribution in [3.8, 4) is 46.0 Å². The minimum Gasteiger partial charge on any atom is -0.497 e. The zero-order chi connectivity index (χ0) is 37.1. The molecule has 0 aromatic heterocycles. The third kappa shape index (κ3) is 6.80. The van der Waals surface area contributed by atoms with Gasteiger partial charge in [-0.15, -0.1) is 0 Å². The molecule has 4 aromatic carbocycles. The molecule has 0 N–H and O–H groups in total. The van der Waals surface area contributed by atoms with Crippen LogP contribution >= 0.6 is 0 Å². The summed E-state index contributed by atoms with van der Waals surface area (Å²) in [7, 11) is 9.37. The molecule has 12 heteroatoms. The van der Waals surface area contributed by atoms with Crippen molar-refractivity contribution in [3.63, 3.8) is 0 Å². The predicted molar refractivity (Wildman–Crippen MR) is 188 cm³/mol. The zero-order valence-corrected chi connectivity index (χ0v) is 30.3. The van der Waals surface area contributed by atoms with E-state index in [1.165, 1.54) is 13.8 Å². The molecule has 5 atom stereocenters. The Kier molecular flexibility index (Phi) is 10.5. The Bertz CT molecular complexity index is 1940. The second-order valence-corrected chi connectivity index (χ2v) is 12.3. The second-order valence-electron chi connectivity index (χ2n) is 12.3. The summed E-state index contributed by atoms with van der Waals surface area (Å²) in [6.07, 6.45) is -3.01. The Morgan fingerprint density at radius 2 is 1.23 bits per heavy atom. The van der Waals surface area contributed by atoms with Crippen LogP contribution in [0.25, 0.3) is 0 Å². The maximum absolute atomic E-state index is 12.9. The van der Waals surface area contributed by atoms with Crippen LogP contribution < -0.4 is 37.9 Å². The Hall–Kier alpha value is -5.78. The number of benzene rings is 4. The molecular formula is C40H42O12. The molecule has 0 aliphatic carbocycles. The third-order valence-corrected chi connectivity index (χ3v) is 9.32. The minimum absolute atomic E-state index is 0.229. The van der Waals surface area contributed by atoms with Crippen LogP contribution in [0.5, 0.6) is 46.0 Å². The third-order valence-electron chi connectivity index (χ3n) is 9.32. The fourth-order valence-corrected chi connectivity index (χ4v) is 7.03. The monoisotopic (exact) mass is 714 g/mol. The lowest BCUT2D eigenvalue weighted by Crippen LogP contribution is -2.40. The molecule has 12 nitrogen and oxygen atoms in total. The van der Waals surface area contributed by atoms with Crippen LogP contribution in [-0.2, 0) is 25.5 Å². The quantitative estimate of drug-likeness (QED) is 0.157. The molecular weight excluding hydrogens is 672 g/mol. The topological polar surface area (TPSA) is 126 Å². The van der Waals surface area contributed by atoms with Crippen LogP contribution in [0, 0.1) is 0 Å². The van der Waals surface area contributed by atoms with Gasteiger partial charge in [-0.1, -0.05) is 24.3 Å². The number of carbonyl (C=O) groups excluding carboxylic acids is 2. The number of hydrogen-bond donors (Lipinski definition) is 0. The van der Waals surface area contributed by atoms with Gasteiger partial charge in [0.15, 0.2) is 29.8 Å². The van der Waals surface area contributed by atoms with Gasteiger partial charge in [0.2, 0.25) is 0 Å². The molecule has 274 valence electrons. The van der Waals surface area contributed by atoms with Gasteiger partial charge in [0.1, 0.15) is 40.6 Å². The van der Waals surface area contributed by atoms with Gasteiger partial charge in [0, 0.05) is 54.7 Å². The highest BCUT2D eigenvalue weighted by molar-refractivity contribution is 5.69. The minimum atomic E-state index is -0.910. The highest BCUT2D eigenvalue weighted by Gasteiger charge is 2.48. The Balaban J connectivity index is 1.62. The maximum Gasteiger partial charge on any atom is 0.303 e. The van der Waals surface area contributed by atoms with Crippen molar-refractivity contribution < 1.29 is 57.0 Å². The van der Waals surface area contributed by atoms with Crippen LogP contribution in [0.4, 0.5) is 0 Å². The first-order chi connectivity index (χ1) is 25.1. The van der Waals surface area contributed by atoms with Crippen molar-refractivity contribution in [2.75, 3.05) is 42.7 Å². The molecule has 6 rings (SSSR count). The van der Waals surface area contributed by atoms with Gasteiger partial charge in [-0.3, -0.25) is 9.59 Å². The number of ether oxygens (including phenoxy) is 10. The van der Waals surface area contributed by atoms with Crippen LogP contribution in [0.1, 0.15) is 59.8 Å². The molecule has 0 spiro atoms. The summed E-state index contributed by atoms with van der Waals surface area (Å²) in [5, 5.41) is 0. The lowest BCUT2D eigenvalue weighted by molar-refractivity contribution is -0.153. The molecule has 0 bridgehead atoms. The fourth-order valence-electron chi connectivity index (χ4n) is 7.03. The smallest absolute Gasteiger partial charge is 0.303 e. The fraction of sp³-hybridized carbons (Fsp3) is 0.350. The molecule has 2 aliphatic heterocycles. The van der Waals surface area contributed by atoms with E-state index >= 15 is 0 Å². The van der Waals surface area contributed by atoms with Crippen molar-refractivity contribution in [2.45, 2.75) is 50.6 Å². The lowest BCUT2D eigenvalue weighted by atomic mass is 9.77. The van der Waals surface area contributed by atoms with Crippen molar-refractivity contribution in [2.24, 2.45) is 0 Å². The summed E-state index contributed by atoms with van der Waals surface area (Å²) in [5.41, 5.74) is 3.35. The summed E-state index contributed by atoms with van der Waals surface area (Å²) >= 11 is 0. The highest BCUT2D eigenvalue weighted by Crippen LogP contribution is 2.56. The molecule has 4 aromatic rings. The Morgan fingerprint density at radius 3 is 1.85 bits per heavy atom. The molecule has 5 unspecified atom stereocenters. The van der Waals surface area contributed by atoms with Crippen LogP contribution in [-0.4, -0.2) is 66.8 Å². The Labute approximate surface area is 302 Å².